The zero-order valence-corrected chi connectivity index (χ0v) is 18.2. The molecule has 1 saturated carbocycles. The molecule has 1 amide bonds. The first kappa shape index (κ1) is 20.1. The van der Waals surface area contributed by atoms with Gasteiger partial charge in [0.25, 0.3) is 0 Å². The van der Waals surface area contributed by atoms with Crippen LogP contribution in [0.25, 0.3) is 10.9 Å². The summed E-state index contributed by atoms with van der Waals surface area (Å²) < 4.78 is 5.28. The monoisotopic (exact) mass is 417 g/mol. The summed E-state index contributed by atoms with van der Waals surface area (Å²) in [4.78, 5) is 18.6. The molecule has 1 aliphatic carbocycles. The first-order chi connectivity index (χ1) is 15.2. The normalized spacial score (nSPS) is 20.1. The van der Waals surface area contributed by atoms with Crippen LogP contribution in [-0.4, -0.2) is 42.5 Å². The Hall–Kier alpha value is -2.79. The maximum absolute atomic E-state index is 12.7. The molecule has 3 aromatic rings. The van der Waals surface area contributed by atoms with Gasteiger partial charge in [-0.05, 0) is 73.5 Å². The molecule has 31 heavy (non-hydrogen) atoms. The average Bonchev–Trinajstić information content (AvgIpc) is 3.36. The molecule has 2 aromatic carbocycles. The highest BCUT2D eigenvalue weighted by atomic mass is 16.5. The van der Waals surface area contributed by atoms with Crippen LogP contribution in [0.5, 0.6) is 5.75 Å². The lowest BCUT2D eigenvalue weighted by Gasteiger charge is -2.32. The highest BCUT2D eigenvalue weighted by Gasteiger charge is 2.58. The zero-order chi connectivity index (χ0) is 21.3. The molecule has 2 N–H and O–H groups in total. The quantitative estimate of drug-likeness (QED) is 0.608. The van der Waals surface area contributed by atoms with E-state index in [1.807, 2.05) is 18.2 Å². The summed E-state index contributed by atoms with van der Waals surface area (Å²) in [5, 5.41) is 4.49. The summed E-state index contributed by atoms with van der Waals surface area (Å²) in [6.45, 7) is 3.82. The Balaban J connectivity index is 1.09. The third kappa shape index (κ3) is 4.19. The van der Waals surface area contributed by atoms with Crippen molar-refractivity contribution in [2.45, 2.75) is 32.2 Å². The molecule has 5 heteroatoms. The molecule has 2 fully saturated rings. The molecular weight excluding hydrogens is 386 g/mol. The highest BCUT2D eigenvalue weighted by Crippen LogP contribution is 2.59. The number of carbonyl (C=O) groups excluding carboxylic acids is 1. The number of carbonyl (C=O) groups is 1. The molecule has 1 atom stereocenters. The fraction of sp³-hybridized carbons (Fsp3) is 0.423. The van der Waals surface area contributed by atoms with Gasteiger partial charge in [-0.1, -0.05) is 30.3 Å². The van der Waals surface area contributed by atoms with Crippen LogP contribution in [0.3, 0.4) is 0 Å². The Morgan fingerprint density at radius 1 is 1.19 bits per heavy atom. The van der Waals surface area contributed by atoms with E-state index in [9.17, 15) is 4.79 Å². The van der Waals surface area contributed by atoms with E-state index in [1.165, 1.54) is 22.0 Å². The zero-order valence-electron chi connectivity index (χ0n) is 18.2. The number of para-hydroxylation sites is 1. The van der Waals surface area contributed by atoms with Crippen molar-refractivity contribution in [1.29, 1.82) is 0 Å². The van der Waals surface area contributed by atoms with Crippen LogP contribution in [0.2, 0.25) is 0 Å². The van der Waals surface area contributed by atoms with Gasteiger partial charge in [0.1, 0.15) is 5.75 Å². The number of fused-ring (bicyclic) bond motifs is 1. The van der Waals surface area contributed by atoms with Crippen molar-refractivity contribution < 1.29 is 9.53 Å². The molecule has 2 aliphatic rings. The predicted octanol–water partition coefficient (Wildman–Crippen LogP) is 4.14. The highest BCUT2D eigenvalue weighted by molar-refractivity contribution is 5.83. The van der Waals surface area contributed by atoms with Gasteiger partial charge in [0.2, 0.25) is 5.91 Å². The van der Waals surface area contributed by atoms with E-state index < -0.39 is 0 Å². The summed E-state index contributed by atoms with van der Waals surface area (Å²) in [5.41, 5.74) is 4.01. The third-order valence-corrected chi connectivity index (χ3v) is 7.27. The molecule has 1 saturated heterocycles. The molecule has 162 valence electrons. The van der Waals surface area contributed by atoms with Crippen molar-refractivity contribution >= 4 is 16.8 Å². The average molecular weight is 418 g/mol. The number of rotatable bonds is 7. The van der Waals surface area contributed by atoms with Gasteiger partial charge in [0, 0.05) is 36.1 Å². The molecule has 0 radical (unpaired) electrons. The SMILES string of the molecule is COc1cccc(CCNC(=O)C2CC23CCN(Cc2c[nH]c4ccccc24)CC3)c1. The summed E-state index contributed by atoms with van der Waals surface area (Å²) in [6, 6.07) is 16.6. The fourth-order valence-corrected chi connectivity index (χ4v) is 5.21. The smallest absolute Gasteiger partial charge is 0.223 e. The number of nitrogens with one attached hydrogen (secondary N) is 2. The molecule has 5 rings (SSSR count). The first-order valence-electron chi connectivity index (χ1n) is 11.3. The number of nitrogens with zero attached hydrogens (tertiary/aromatic N) is 1. The lowest BCUT2D eigenvalue weighted by molar-refractivity contribution is -0.123. The largest absolute Gasteiger partial charge is 0.497 e. The van der Waals surface area contributed by atoms with Crippen LogP contribution in [0.1, 0.15) is 30.4 Å². The minimum atomic E-state index is 0.202. The van der Waals surface area contributed by atoms with Gasteiger partial charge < -0.3 is 15.0 Å². The van der Waals surface area contributed by atoms with Gasteiger partial charge in [-0.25, -0.2) is 0 Å². The van der Waals surface area contributed by atoms with E-state index in [2.05, 4.69) is 51.7 Å². The predicted molar refractivity (Wildman–Crippen MR) is 123 cm³/mol. The van der Waals surface area contributed by atoms with Crippen molar-refractivity contribution in [1.82, 2.24) is 15.2 Å². The minimum absolute atomic E-state index is 0.202. The van der Waals surface area contributed by atoms with E-state index >= 15 is 0 Å². The van der Waals surface area contributed by atoms with Crippen LogP contribution in [0.15, 0.2) is 54.7 Å². The molecule has 0 bridgehead atoms. The minimum Gasteiger partial charge on any atom is -0.497 e. The number of likely N-dealkylation sites (tertiary alicyclic amines) is 1. The fourth-order valence-electron chi connectivity index (χ4n) is 5.21. The van der Waals surface area contributed by atoms with Gasteiger partial charge >= 0.3 is 0 Å². The van der Waals surface area contributed by atoms with E-state index in [0.717, 1.165) is 51.1 Å². The van der Waals surface area contributed by atoms with Crippen LogP contribution in [-0.2, 0) is 17.8 Å². The van der Waals surface area contributed by atoms with E-state index in [1.54, 1.807) is 7.11 Å². The molecule has 1 unspecified atom stereocenters. The molecular formula is C26H31N3O2. The molecule has 1 aliphatic heterocycles. The Labute approximate surface area is 183 Å². The Morgan fingerprint density at radius 3 is 2.87 bits per heavy atom. The summed E-state index contributed by atoms with van der Waals surface area (Å²) >= 11 is 0. The number of benzene rings is 2. The van der Waals surface area contributed by atoms with Crippen molar-refractivity contribution in [3.05, 3.63) is 65.9 Å². The van der Waals surface area contributed by atoms with Crippen LogP contribution in [0.4, 0.5) is 0 Å². The van der Waals surface area contributed by atoms with Crippen molar-refractivity contribution in [3.63, 3.8) is 0 Å². The number of H-pyrrole nitrogens is 1. The maximum Gasteiger partial charge on any atom is 0.223 e. The third-order valence-electron chi connectivity index (χ3n) is 7.27. The Kier molecular flexibility index (Phi) is 5.45. The van der Waals surface area contributed by atoms with Crippen molar-refractivity contribution in [2.24, 2.45) is 11.3 Å². The summed E-state index contributed by atoms with van der Waals surface area (Å²) in [6.07, 6.45) is 6.29. The summed E-state index contributed by atoms with van der Waals surface area (Å²) in [5.74, 6) is 1.31. The van der Waals surface area contributed by atoms with Gasteiger partial charge in [0.15, 0.2) is 0 Å². The van der Waals surface area contributed by atoms with Crippen molar-refractivity contribution in [3.8, 4) is 5.75 Å². The first-order valence-corrected chi connectivity index (χ1v) is 11.3. The van der Waals surface area contributed by atoms with Crippen LogP contribution >= 0.6 is 0 Å². The number of piperidine rings is 1. The van der Waals surface area contributed by atoms with Crippen LogP contribution < -0.4 is 10.1 Å². The Bertz CT molecular complexity index is 1070. The second kappa shape index (κ2) is 8.39. The summed E-state index contributed by atoms with van der Waals surface area (Å²) in [7, 11) is 1.68. The standard InChI is InChI=1S/C26H31N3O2/c1-31-21-6-4-5-19(15-21)9-12-27-25(30)23-16-26(23)10-13-29(14-11-26)18-20-17-28-24-8-3-2-7-22(20)24/h2-8,15,17,23,28H,9-14,16,18H2,1H3,(H,27,30). The topological polar surface area (TPSA) is 57.4 Å². The number of ether oxygens (including phenoxy) is 1. The van der Waals surface area contributed by atoms with Gasteiger partial charge in [-0.15, -0.1) is 0 Å². The van der Waals surface area contributed by atoms with Gasteiger partial charge in [0.05, 0.1) is 7.11 Å². The van der Waals surface area contributed by atoms with E-state index in [4.69, 9.17) is 4.74 Å². The van der Waals surface area contributed by atoms with E-state index in [0.29, 0.717) is 6.54 Å². The number of hydrogen-bond donors (Lipinski definition) is 2. The van der Waals surface area contributed by atoms with Gasteiger partial charge in [-0.3, -0.25) is 9.69 Å². The maximum atomic E-state index is 12.7. The number of methoxy groups -OCH3 is 1. The van der Waals surface area contributed by atoms with E-state index in [-0.39, 0.29) is 17.2 Å². The number of hydrogen-bond acceptors (Lipinski definition) is 3. The molecule has 1 aromatic heterocycles. The number of amides is 1. The van der Waals surface area contributed by atoms with Crippen LogP contribution in [0, 0.1) is 11.3 Å². The molecule has 2 heterocycles. The lowest BCUT2D eigenvalue weighted by Crippen LogP contribution is -2.37. The second-order valence-electron chi connectivity index (χ2n) is 9.15. The second-order valence-corrected chi connectivity index (χ2v) is 9.15. The number of aromatic nitrogens is 1. The lowest BCUT2D eigenvalue weighted by atomic mass is 9.90. The van der Waals surface area contributed by atoms with Crippen molar-refractivity contribution in [2.75, 3.05) is 26.7 Å². The number of aromatic amines is 1. The molecule has 1 spiro atoms. The Morgan fingerprint density at radius 2 is 2.03 bits per heavy atom. The molecule has 5 nitrogen and oxygen atoms in total. The van der Waals surface area contributed by atoms with Gasteiger partial charge in [-0.2, -0.15) is 0 Å².